The predicted molar refractivity (Wildman–Crippen MR) is 48.9 cm³/mol. The van der Waals surface area contributed by atoms with E-state index in [-0.39, 0.29) is 16.9 Å². The van der Waals surface area contributed by atoms with Crippen LogP contribution in [0.2, 0.25) is 0 Å². The van der Waals surface area contributed by atoms with Crippen LogP contribution in [0.15, 0.2) is 33.5 Å². The second-order valence-electron chi connectivity index (χ2n) is 2.77. The van der Waals surface area contributed by atoms with Crippen molar-refractivity contribution in [3.05, 3.63) is 40.2 Å². The molecule has 0 atom stereocenters. The van der Waals surface area contributed by atoms with Crippen molar-refractivity contribution < 1.29 is 9.52 Å². The van der Waals surface area contributed by atoms with Crippen molar-refractivity contribution in [2.45, 2.75) is 0 Å². The fourth-order valence-corrected chi connectivity index (χ4v) is 1.24. The van der Waals surface area contributed by atoms with Crippen LogP contribution in [0.3, 0.4) is 0 Å². The Hall–Kier alpha value is -2.28. The van der Waals surface area contributed by atoms with E-state index in [1.807, 2.05) is 6.07 Å². The number of rotatable bonds is 0. The number of phenols is 1. The standard InChI is InChI=1S/C10H5NO3/c11-5-6-3-10(13)14-9-4-7(12)1-2-8(6)9/h1-4,12H. The maximum atomic E-state index is 11.0. The lowest BCUT2D eigenvalue weighted by Crippen LogP contribution is -1.97. The van der Waals surface area contributed by atoms with Crippen molar-refractivity contribution in [3.8, 4) is 11.8 Å². The van der Waals surface area contributed by atoms with Gasteiger partial charge in [0.25, 0.3) is 0 Å². The van der Waals surface area contributed by atoms with E-state index in [4.69, 9.17) is 14.8 Å². The first kappa shape index (κ1) is 8.32. The van der Waals surface area contributed by atoms with E-state index in [0.29, 0.717) is 5.39 Å². The summed E-state index contributed by atoms with van der Waals surface area (Å²) < 4.78 is 4.82. The quantitative estimate of drug-likeness (QED) is 0.632. The van der Waals surface area contributed by atoms with E-state index in [2.05, 4.69) is 0 Å². The van der Waals surface area contributed by atoms with E-state index < -0.39 is 5.63 Å². The van der Waals surface area contributed by atoms with Crippen molar-refractivity contribution in [1.82, 2.24) is 0 Å². The Kier molecular flexibility index (Phi) is 1.72. The number of nitrogens with zero attached hydrogens (tertiary/aromatic N) is 1. The smallest absolute Gasteiger partial charge is 0.337 e. The Morgan fingerprint density at radius 2 is 2.14 bits per heavy atom. The summed E-state index contributed by atoms with van der Waals surface area (Å²) in [6.45, 7) is 0. The highest BCUT2D eigenvalue weighted by atomic mass is 16.4. The fraction of sp³-hybridized carbons (Fsp3) is 0. The minimum atomic E-state index is -0.598. The molecule has 0 aliphatic heterocycles. The molecule has 0 amide bonds. The second-order valence-corrected chi connectivity index (χ2v) is 2.77. The van der Waals surface area contributed by atoms with Gasteiger partial charge in [0.05, 0.1) is 5.56 Å². The number of fused-ring (bicyclic) bond motifs is 1. The molecule has 14 heavy (non-hydrogen) atoms. The van der Waals surface area contributed by atoms with Crippen LogP contribution in [-0.2, 0) is 0 Å². The normalized spacial score (nSPS) is 9.93. The lowest BCUT2D eigenvalue weighted by Gasteiger charge is -1.98. The van der Waals surface area contributed by atoms with Crippen LogP contribution in [0.4, 0.5) is 0 Å². The molecular weight excluding hydrogens is 182 g/mol. The van der Waals surface area contributed by atoms with Crippen LogP contribution in [-0.4, -0.2) is 5.11 Å². The van der Waals surface area contributed by atoms with Crippen molar-refractivity contribution in [2.24, 2.45) is 0 Å². The number of benzene rings is 1. The molecule has 0 saturated heterocycles. The van der Waals surface area contributed by atoms with Crippen LogP contribution in [0.1, 0.15) is 5.56 Å². The van der Waals surface area contributed by atoms with E-state index in [9.17, 15) is 4.79 Å². The van der Waals surface area contributed by atoms with Crippen molar-refractivity contribution in [1.29, 1.82) is 5.26 Å². The van der Waals surface area contributed by atoms with Gasteiger partial charge in [-0.2, -0.15) is 5.26 Å². The number of aromatic hydroxyl groups is 1. The SMILES string of the molecule is N#Cc1cc(=O)oc2cc(O)ccc12. The first-order valence-corrected chi connectivity index (χ1v) is 3.87. The zero-order chi connectivity index (χ0) is 10.1. The molecule has 0 aliphatic carbocycles. The number of phenolic OH excluding ortho intramolecular Hbond substituents is 1. The maximum absolute atomic E-state index is 11.0. The van der Waals surface area contributed by atoms with Gasteiger partial charge in [-0.3, -0.25) is 0 Å². The molecule has 4 heteroatoms. The lowest BCUT2D eigenvalue weighted by atomic mass is 10.1. The third-order valence-corrected chi connectivity index (χ3v) is 1.85. The highest BCUT2D eigenvalue weighted by Gasteiger charge is 2.04. The summed E-state index contributed by atoms with van der Waals surface area (Å²) in [5.74, 6) is -0.00394. The fourth-order valence-electron chi connectivity index (χ4n) is 1.24. The van der Waals surface area contributed by atoms with Crippen LogP contribution in [0, 0.1) is 11.3 Å². The minimum absolute atomic E-state index is 0.00394. The van der Waals surface area contributed by atoms with Crippen molar-refractivity contribution in [2.75, 3.05) is 0 Å². The lowest BCUT2D eigenvalue weighted by molar-refractivity contribution is 0.473. The Labute approximate surface area is 78.6 Å². The molecule has 0 saturated carbocycles. The molecule has 0 radical (unpaired) electrons. The van der Waals surface area contributed by atoms with Crippen LogP contribution >= 0.6 is 0 Å². The molecule has 2 rings (SSSR count). The van der Waals surface area contributed by atoms with Gasteiger partial charge in [0, 0.05) is 17.5 Å². The molecule has 1 heterocycles. The van der Waals surface area contributed by atoms with Gasteiger partial charge >= 0.3 is 5.63 Å². The Morgan fingerprint density at radius 3 is 2.86 bits per heavy atom. The molecule has 2 aromatic rings. The van der Waals surface area contributed by atoms with Crippen LogP contribution in [0.25, 0.3) is 11.0 Å². The first-order valence-electron chi connectivity index (χ1n) is 3.87. The summed E-state index contributed by atoms with van der Waals surface area (Å²) in [6.07, 6.45) is 0. The Morgan fingerprint density at radius 1 is 1.36 bits per heavy atom. The van der Waals surface area contributed by atoms with E-state index in [1.54, 1.807) is 0 Å². The highest BCUT2D eigenvalue weighted by Crippen LogP contribution is 2.20. The molecule has 4 nitrogen and oxygen atoms in total. The molecule has 0 spiro atoms. The molecular formula is C10H5NO3. The van der Waals surface area contributed by atoms with Gasteiger partial charge in [-0.25, -0.2) is 4.79 Å². The van der Waals surface area contributed by atoms with E-state index in [0.717, 1.165) is 6.07 Å². The average molecular weight is 187 g/mol. The third-order valence-electron chi connectivity index (χ3n) is 1.85. The number of hydrogen-bond donors (Lipinski definition) is 1. The van der Waals surface area contributed by atoms with Gasteiger partial charge in [-0.15, -0.1) is 0 Å². The first-order chi connectivity index (χ1) is 6.70. The predicted octanol–water partition coefficient (Wildman–Crippen LogP) is 1.37. The summed E-state index contributed by atoms with van der Waals surface area (Å²) in [5, 5.41) is 18.4. The largest absolute Gasteiger partial charge is 0.508 e. The van der Waals surface area contributed by atoms with Gasteiger partial charge < -0.3 is 9.52 Å². The van der Waals surface area contributed by atoms with Gasteiger partial charge in [0.2, 0.25) is 0 Å². The monoisotopic (exact) mass is 187 g/mol. The third kappa shape index (κ3) is 1.21. The van der Waals surface area contributed by atoms with E-state index >= 15 is 0 Å². The van der Waals surface area contributed by atoms with Gasteiger partial charge in [0.15, 0.2) is 0 Å². The number of nitriles is 1. The average Bonchev–Trinajstić information content (AvgIpc) is 2.15. The molecule has 1 aromatic carbocycles. The highest BCUT2D eigenvalue weighted by molar-refractivity contribution is 5.83. The molecule has 1 N–H and O–H groups in total. The molecule has 68 valence electrons. The van der Waals surface area contributed by atoms with Gasteiger partial charge in [-0.05, 0) is 12.1 Å². The molecule has 0 bridgehead atoms. The number of hydrogen-bond acceptors (Lipinski definition) is 4. The summed E-state index contributed by atoms with van der Waals surface area (Å²) >= 11 is 0. The molecule has 1 aromatic heterocycles. The summed E-state index contributed by atoms with van der Waals surface area (Å²) in [7, 11) is 0. The zero-order valence-electron chi connectivity index (χ0n) is 7.02. The maximum Gasteiger partial charge on any atom is 0.337 e. The Bertz CT molecular complexity index is 592. The van der Waals surface area contributed by atoms with E-state index in [1.165, 1.54) is 18.2 Å². The second kappa shape index (κ2) is 2.89. The van der Waals surface area contributed by atoms with Crippen LogP contribution < -0.4 is 5.63 Å². The topological polar surface area (TPSA) is 74.2 Å². The molecule has 0 fully saturated rings. The molecule has 0 unspecified atom stereocenters. The summed E-state index contributed by atoms with van der Waals surface area (Å²) in [4.78, 5) is 11.0. The minimum Gasteiger partial charge on any atom is -0.508 e. The van der Waals surface area contributed by atoms with Crippen molar-refractivity contribution >= 4 is 11.0 Å². The van der Waals surface area contributed by atoms with Crippen molar-refractivity contribution in [3.63, 3.8) is 0 Å². The van der Waals surface area contributed by atoms with Gasteiger partial charge in [-0.1, -0.05) is 0 Å². The molecule has 0 aliphatic rings. The summed E-state index contributed by atoms with van der Waals surface area (Å²) in [6, 6.07) is 7.28. The zero-order valence-corrected chi connectivity index (χ0v) is 7.02. The van der Waals surface area contributed by atoms with Gasteiger partial charge in [0.1, 0.15) is 17.4 Å². The van der Waals surface area contributed by atoms with Crippen LogP contribution in [0.5, 0.6) is 5.75 Å². The summed E-state index contributed by atoms with van der Waals surface area (Å²) in [5.41, 5.74) is -0.134. The Balaban J connectivity index is 2.97.